The number of hydrogen-bond acceptors (Lipinski definition) is 3. The van der Waals surface area contributed by atoms with Crippen molar-refractivity contribution in [1.29, 1.82) is 0 Å². The number of nitrogens with zero attached hydrogens (tertiary/aromatic N) is 2. The number of anilines is 1. The second kappa shape index (κ2) is 9.21. The number of nitrogens with one attached hydrogen (secondary N) is 1. The number of benzene rings is 2. The summed E-state index contributed by atoms with van der Waals surface area (Å²) < 4.78 is 38.3. The van der Waals surface area contributed by atoms with E-state index in [1.807, 2.05) is 23.1 Å². The molecule has 1 saturated heterocycles. The minimum Gasteiger partial charge on any atom is -0.325 e. The molecule has 0 bridgehead atoms. The lowest BCUT2D eigenvalue weighted by Crippen LogP contribution is -2.49. The van der Waals surface area contributed by atoms with Gasteiger partial charge in [0.15, 0.2) is 0 Å². The predicted octanol–water partition coefficient (Wildman–Crippen LogP) is 3.50. The van der Waals surface area contributed by atoms with Gasteiger partial charge in [0.2, 0.25) is 5.91 Å². The van der Waals surface area contributed by atoms with Crippen LogP contribution in [0, 0.1) is 0 Å². The highest BCUT2D eigenvalue weighted by atomic mass is 19.4. The Morgan fingerprint density at radius 2 is 1.61 bits per heavy atom. The van der Waals surface area contributed by atoms with Crippen molar-refractivity contribution < 1.29 is 18.0 Å². The maximum absolute atomic E-state index is 12.8. The van der Waals surface area contributed by atoms with Crippen LogP contribution in [0.5, 0.6) is 0 Å². The van der Waals surface area contributed by atoms with Gasteiger partial charge in [-0.3, -0.25) is 9.69 Å². The highest BCUT2D eigenvalue weighted by molar-refractivity contribution is 5.92. The fourth-order valence-corrected chi connectivity index (χ4v) is 3.28. The second-order valence-corrected chi connectivity index (χ2v) is 6.98. The number of hydrogen-bond donors (Lipinski definition) is 1. The van der Waals surface area contributed by atoms with E-state index in [0.717, 1.165) is 51.3 Å². The summed E-state index contributed by atoms with van der Waals surface area (Å²) in [6.07, 6.45) is -3.42. The SMILES string of the molecule is O=C(CN1CCN(CCc2ccccc2)CC1)Nc1cccc(C(F)(F)F)c1. The number of halogens is 3. The predicted molar refractivity (Wildman–Crippen MR) is 103 cm³/mol. The summed E-state index contributed by atoms with van der Waals surface area (Å²) >= 11 is 0. The van der Waals surface area contributed by atoms with Crippen molar-refractivity contribution in [2.45, 2.75) is 12.6 Å². The van der Waals surface area contributed by atoms with Crippen molar-refractivity contribution in [3.05, 3.63) is 65.7 Å². The highest BCUT2D eigenvalue weighted by Gasteiger charge is 2.30. The first-order valence-electron chi connectivity index (χ1n) is 9.36. The number of piperazine rings is 1. The second-order valence-electron chi connectivity index (χ2n) is 6.98. The number of amides is 1. The highest BCUT2D eigenvalue weighted by Crippen LogP contribution is 2.30. The van der Waals surface area contributed by atoms with Crippen molar-refractivity contribution in [1.82, 2.24) is 9.80 Å². The van der Waals surface area contributed by atoms with Crippen molar-refractivity contribution in [2.75, 3.05) is 44.6 Å². The van der Waals surface area contributed by atoms with E-state index in [2.05, 4.69) is 22.3 Å². The molecular weight excluding hydrogens is 367 g/mol. The molecule has 1 heterocycles. The number of carbonyl (C=O) groups is 1. The van der Waals surface area contributed by atoms with Crippen molar-refractivity contribution in [3.63, 3.8) is 0 Å². The molecule has 0 aliphatic carbocycles. The lowest BCUT2D eigenvalue weighted by atomic mass is 10.1. The minimum atomic E-state index is -4.42. The van der Waals surface area contributed by atoms with Crippen LogP contribution in [0.3, 0.4) is 0 Å². The fourth-order valence-electron chi connectivity index (χ4n) is 3.28. The summed E-state index contributed by atoms with van der Waals surface area (Å²) in [5.74, 6) is -0.294. The molecule has 1 aliphatic rings. The van der Waals surface area contributed by atoms with E-state index in [0.29, 0.717) is 0 Å². The molecule has 1 amide bonds. The van der Waals surface area contributed by atoms with E-state index in [1.54, 1.807) is 0 Å². The van der Waals surface area contributed by atoms with E-state index >= 15 is 0 Å². The fraction of sp³-hybridized carbons (Fsp3) is 0.381. The third-order valence-electron chi connectivity index (χ3n) is 4.87. The molecule has 0 spiro atoms. The molecule has 2 aromatic carbocycles. The normalized spacial score (nSPS) is 16.1. The lowest BCUT2D eigenvalue weighted by molar-refractivity contribution is -0.137. The number of alkyl halides is 3. The van der Waals surface area contributed by atoms with Gasteiger partial charge in [0, 0.05) is 38.4 Å². The van der Waals surface area contributed by atoms with Gasteiger partial charge in [-0.05, 0) is 30.2 Å². The van der Waals surface area contributed by atoms with Gasteiger partial charge in [-0.15, -0.1) is 0 Å². The number of carbonyl (C=O) groups excluding carboxylic acids is 1. The molecule has 150 valence electrons. The molecule has 7 heteroatoms. The topological polar surface area (TPSA) is 35.6 Å². The largest absolute Gasteiger partial charge is 0.416 e. The molecule has 0 aromatic heterocycles. The van der Waals surface area contributed by atoms with E-state index in [-0.39, 0.29) is 18.1 Å². The summed E-state index contributed by atoms with van der Waals surface area (Å²) in [5, 5.41) is 2.57. The quantitative estimate of drug-likeness (QED) is 0.819. The molecular formula is C21H24F3N3O. The molecule has 1 N–H and O–H groups in total. The Hall–Kier alpha value is -2.38. The zero-order valence-electron chi connectivity index (χ0n) is 15.6. The Balaban J connectivity index is 1.41. The van der Waals surface area contributed by atoms with Crippen LogP contribution in [0.4, 0.5) is 18.9 Å². The summed E-state index contributed by atoms with van der Waals surface area (Å²) in [5.41, 5.74) is 0.712. The minimum absolute atomic E-state index is 0.168. The van der Waals surface area contributed by atoms with Crippen molar-refractivity contribution >= 4 is 11.6 Å². The first-order chi connectivity index (χ1) is 13.4. The summed E-state index contributed by atoms with van der Waals surface area (Å²) in [7, 11) is 0. The van der Waals surface area contributed by atoms with Gasteiger partial charge >= 0.3 is 6.18 Å². The van der Waals surface area contributed by atoms with Gasteiger partial charge in [-0.25, -0.2) is 0 Å². The Morgan fingerprint density at radius 3 is 2.29 bits per heavy atom. The van der Waals surface area contributed by atoms with Crippen molar-refractivity contribution in [2.24, 2.45) is 0 Å². The third-order valence-corrected chi connectivity index (χ3v) is 4.87. The van der Waals surface area contributed by atoms with Crippen LogP contribution in [0.2, 0.25) is 0 Å². The molecule has 3 rings (SSSR count). The van der Waals surface area contributed by atoms with Crippen molar-refractivity contribution in [3.8, 4) is 0 Å². The van der Waals surface area contributed by atoms with Gasteiger partial charge in [-0.2, -0.15) is 13.2 Å². The van der Waals surface area contributed by atoms with Crippen LogP contribution in [-0.4, -0.2) is 55.0 Å². The molecule has 1 aliphatic heterocycles. The molecule has 2 aromatic rings. The van der Waals surface area contributed by atoms with E-state index < -0.39 is 11.7 Å². The van der Waals surface area contributed by atoms with Gasteiger partial charge in [0.1, 0.15) is 0 Å². The maximum atomic E-state index is 12.8. The molecule has 1 fully saturated rings. The average molecular weight is 391 g/mol. The average Bonchev–Trinajstić information content (AvgIpc) is 2.68. The van der Waals surface area contributed by atoms with E-state index in [1.165, 1.54) is 17.7 Å². The Labute approximate surface area is 162 Å². The van der Waals surface area contributed by atoms with Crippen LogP contribution < -0.4 is 5.32 Å². The first-order valence-corrected chi connectivity index (χ1v) is 9.36. The Bertz CT molecular complexity index is 772. The maximum Gasteiger partial charge on any atom is 0.416 e. The Morgan fingerprint density at radius 1 is 0.929 bits per heavy atom. The monoisotopic (exact) mass is 391 g/mol. The van der Waals surface area contributed by atoms with Gasteiger partial charge < -0.3 is 10.2 Å². The molecule has 28 heavy (non-hydrogen) atoms. The van der Waals surface area contributed by atoms with E-state index in [4.69, 9.17) is 0 Å². The number of rotatable bonds is 6. The van der Waals surface area contributed by atoms with Gasteiger partial charge in [0.25, 0.3) is 0 Å². The summed E-state index contributed by atoms with van der Waals surface area (Å²) in [6, 6.07) is 15.0. The van der Waals surface area contributed by atoms with Crippen LogP contribution in [0.15, 0.2) is 54.6 Å². The first kappa shape index (κ1) is 20.4. The molecule has 0 atom stereocenters. The molecule has 0 saturated carbocycles. The zero-order chi connectivity index (χ0) is 20.0. The van der Waals surface area contributed by atoms with Crippen LogP contribution in [0.25, 0.3) is 0 Å². The van der Waals surface area contributed by atoms with Gasteiger partial charge in [-0.1, -0.05) is 36.4 Å². The van der Waals surface area contributed by atoms with Crippen LogP contribution in [-0.2, 0) is 17.4 Å². The standard InChI is InChI=1S/C21H24F3N3O/c22-21(23,24)18-7-4-8-19(15-18)25-20(28)16-27-13-11-26(12-14-27)10-9-17-5-2-1-3-6-17/h1-8,15H,9-14,16H2,(H,25,28). The van der Waals surface area contributed by atoms with Crippen LogP contribution >= 0.6 is 0 Å². The van der Waals surface area contributed by atoms with Crippen LogP contribution in [0.1, 0.15) is 11.1 Å². The Kier molecular flexibility index (Phi) is 6.70. The molecule has 0 radical (unpaired) electrons. The zero-order valence-corrected chi connectivity index (χ0v) is 15.6. The third kappa shape index (κ3) is 6.07. The summed E-state index contributed by atoms with van der Waals surface area (Å²) in [4.78, 5) is 16.6. The molecule has 0 unspecified atom stereocenters. The lowest BCUT2D eigenvalue weighted by Gasteiger charge is -2.34. The summed E-state index contributed by atoms with van der Waals surface area (Å²) in [6.45, 7) is 4.46. The smallest absolute Gasteiger partial charge is 0.325 e. The van der Waals surface area contributed by atoms with Gasteiger partial charge in [0.05, 0.1) is 12.1 Å². The van der Waals surface area contributed by atoms with E-state index in [9.17, 15) is 18.0 Å². The molecule has 4 nitrogen and oxygen atoms in total.